The third kappa shape index (κ3) is 3.03. The van der Waals surface area contributed by atoms with Crippen molar-refractivity contribution in [2.75, 3.05) is 5.32 Å². The fourth-order valence-corrected chi connectivity index (χ4v) is 1.83. The van der Waals surface area contributed by atoms with Gasteiger partial charge in [-0.1, -0.05) is 29.3 Å². The number of halogens is 3. The number of carbonyl (C=O) groups is 1. The first-order valence-corrected chi connectivity index (χ1v) is 6.12. The summed E-state index contributed by atoms with van der Waals surface area (Å²) in [4.78, 5) is 15.9. The second kappa shape index (κ2) is 5.55. The van der Waals surface area contributed by atoms with Crippen molar-refractivity contribution in [3.05, 3.63) is 57.6 Å². The molecular weight excluding hydrogens is 290 g/mol. The first-order valence-electron chi connectivity index (χ1n) is 5.36. The van der Waals surface area contributed by atoms with Gasteiger partial charge in [0.1, 0.15) is 0 Å². The van der Waals surface area contributed by atoms with Crippen LogP contribution in [0.2, 0.25) is 10.2 Å². The van der Waals surface area contributed by atoms with Crippen molar-refractivity contribution in [1.29, 1.82) is 0 Å². The molecule has 98 valence electrons. The van der Waals surface area contributed by atoms with E-state index in [0.29, 0.717) is 5.69 Å². The molecule has 0 fully saturated rings. The molecule has 6 heteroatoms. The molecule has 1 aromatic heterocycles. The lowest BCUT2D eigenvalue weighted by Crippen LogP contribution is -2.14. The molecule has 2 aromatic rings. The van der Waals surface area contributed by atoms with Gasteiger partial charge < -0.3 is 5.32 Å². The number of rotatable bonds is 2. The summed E-state index contributed by atoms with van der Waals surface area (Å²) in [5, 5.41) is 2.53. The molecule has 0 spiro atoms. The highest BCUT2D eigenvalue weighted by molar-refractivity contribution is 6.33. The van der Waals surface area contributed by atoms with Gasteiger partial charge in [-0.15, -0.1) is 0 Å². The summed E-state index contributed by atoms with van der Waals surface area (Å²) < 4.78 is 13.7. The first kappa shape index (κ1) is 13.8. The SMILES string of the molecule is Cc1cnc(Cl)c(NC(=O)c2cccc(Cl)c2F)c1. The molecule has 1 N–H and O–H groups in total. The second-order valence-electron chi connectivity index (χ2n) is 3.91. The van der Waals surface area contributed by atoms with E-state index >= 15 is 0 Å². The molecule has 0 radical (unpaired) electrons. The van der Waals surface area contributed by atoms with Crippen LogP contribution in [0.1, 0.15) is 15.9 Å². The maximum Gasteiger partial charge on any atom is 0.258 e. The van der Waals surface area contributed by atoms with Crippen molar-refractivity contribution in [2.45, 2.75) is 6.92 Å². The van der Waals surface area contributed by atoms with E-state index in [1.165, 1.54) is 18.2 Å². The third-order valence-electron chi connectivity index (χ3n) is 2.42. The predicted octanol–water partition coefficient (Wildman–Crippen LogP) is 4.09. The molecule has 1 heterocycles. The summed E-state index contributed by atoms with van der Waals surface area (Å²) in [7, 11) is 0. The fraction of sp³-hybridized carbons (Fsp3) is 0.0769. The van der Waals surface area contributed by atoms with Crippen LogP contribution in [0, 0.1) is 12.7 Å². The minimum atomic E-state index is -0.765. The van der Waals surface area contributed by atoms with E-state index in [4.69, 9.17) is 23.2 Å². The zero-order valence-corrected chi connectivity index (χ0v) is 11.4. The van der Waals surface area contributed by atoms with Crippen LogP contribution >= 0.6 is 23.2 Å². The maximum atomic E-state index is 13.7. The Bertz CT molecular complexity index is 647. The highest BCUT2D eigenvalue weighted by Gasteiger charge is 2.15. The van der Waals surface area contributed by atoms with Gasteiger partial charge in [0.25, 0.3) is 5.91 Å². The van der Waals surface area contributed by atoms with Crippen molar-refractivity contribution < 1.29 is 9.18 Å². The van der Waals surface area contributed by atoms with Gasteiger partial charge in [0.15, 0.2) is 11.0 Å². The lowest BCUT2D eigenvalue weighted by atomic mass is 10.2. The number of hydrogen-bond acceptors (Lipinski definition) is 2. The molecule has 1 aromatic carbocycles. The number of anilines is 1. The number of aryl methyl sites for hydroxylation is 1. The van der Waals surface area contributed by atoms with Gasteiger partial charge in [-0.2, -0.15) is 0 Å². The zero-order chi connectivity index (χ0) is 14.0. The first-order chi connectivity index (χ1) is 8.99. The number of nitrogens with one attached hydrogen (secondary N) is 1. The molecule has 1 amide bonds. The maximum absolute atomic E-state index is 13.7. The highest BCUT2D eigenvalue weighted by atomic mass is 35.5. The Morgan fingerprint density at radius 2 is 2.11 bits per heavy atom. The van der Waals surface area contributed by atoms with E-state index in [-0.39, 0.29) is 15.7 Å². The Labute approximate surface area is 119 Å². The van der Waals surface area contributed by atoms with E-state index in [1.54, 1.807) is 19.2 Å². The van der Waals surface area contributed by atoms with Crippen LogP contribution in [0.3, 0.4) is 0 Å². The van der Waals surface area contributed by atoms with Crippen LogP contribution in [-0.2, 0) is 0 Å². The van der Waals surface area contributed by atoms with Gasteiger partial charge in [0, 0.05) is 6.20 Å². The topological polar surface area (TPSA) is 42.0 Å². The summed E-state index contributed by atoms with van der Waals surface area (Å²) in [6.07, 6.45) is 1.57. The molecule has 0 aliphatic rings. The van der Waals surface area contributed by atoms with E-state index < -0.39 is 11.7 Å². The standard InChI is InChI=1S/C13H9Cl2FN2O/c1-7-5-10(12(15)17-6-7)18-13(19)8-3-2-4-9(14)11(8)16/h2-6H,1H3,(H,18,19). The second-order valence-corrected chi connectivity index (χ2v) is 4.67. The minimum absolute atomic E-state index is 0.110. The molecule has 0 aliphatic heterocycles. The fourth-order valence-electron chi connectivity index (χ4n) is 1.51. The van der Waals surface area contributed by atoms with E-state index in [0.717, 1.165) is 5.56 Å². The third-order valence-corrected chi connectivity index (χ3v) is 3.01. The van der Waals surface area contributed by atoms with Gasteiger partial charge in [0.05, 0.1) is 16.3 Å². The summed E-state index contributed by atoms with van der Waals surface area (Å²) in [5.41, 5.74) is 1.00. The molecule has 0 bridgehead atoms. The Balaban J connectivity index is 2.31. The van der Waals surface area contributed by atoms with Crippen molar-refractivity contribution >= 4 is 34.8 Å². The number of nitrogens with zero attached hydrogens (tertiary/aromatic N) is 1. The van der Waals surface area contributed by atoms with E-state index in [2.05, 4.69) is 10.3 Å². The summed E-state index contributed by atoms with van der Waals surface area (Å²) >= 11 is 11.5. The Hall–Kier alpha value is -1.65. The lowest BCUT2D eigenvalue weighted by Gasteiger charge is -2.08. The summed E-state index contributed by atoms with van der Waals surface area (Å²) in [5.74, 6) is -1.40. The predicted molar refractivity (Wildman–Crippen MR) is 73.3 cm³/mol. The van der Waals surface area contributed by atoms with Crippen LogP contribution in [0.15, 0.2) is 30.5 Å². The quantitative estimate of drug-likeness (QED) is 0.849. The van der Waals surface area contributed by atoms with Gasteiger partial charge in [-0.05, 0) is 30.7 Å². The molecule has 0 atom stereocenters. The summed E-state index contributed by atoms with van der Waals surface area (Å²) in [6, 6.07) is 5.86. The molecule has 3 nitrogen and oxygen atoms in total. The smallest absolute Gasteiger partial charge is 0.258 e. The number of aromatic nitrogens is 1. The number of hydrogen-bond donors (Lipinski definition) is 1. The normalized spacial score (nSPS) is 10.3. The Morgan fingerprint density at radius 1 is 1.37 bits per heavy atom. The number of carbonyl (C=O) groups excluding carboxylic acids is 1. The average Bonchev–Trinajstić information content (AvgIpc) is 2.37. The van der Waals surface area contributed by atoms with Gasteiger partial charge in [0.2, 0.25) is 0 Å². The van der Waals surface area contributed by atoms with Gasteiger partial charge in [-0.25, -0.2) is 9.37 Å². The van der Waals surface area contributed by atoms with Crippen molar-refractivity contribution in [3.8, 4) is 0 Å². The van der Waals surface area contributed by atoms with Crippen LogP contribution in [0.4, 0.5) is 10.1 Å². The number of benzene rings is 1. The van der Waals surface area contributed by atoms with Crippen LogP contribution in [-0.4, -0.2) is 10.9 Å². The Morgan fingerprint density at radius 3 is 2.84 bits per heavy atom. The van der Waals surface area contributed by atoms with Gasteiger partial charge in [-0.3, -0.25) is 4.79 Å². The van der Waals surface area contributed by atoms with Crippen molar-refractivity contribution in [3.63, 3.8) is 0 Å². The van der Waals surface area contributed by atoms with Gasteiger partial charge >= 0.3 is 0 Å². The van der Waals surface area contributed by atoms with E-state index in [9.17, 15) is 9.18 Å². The molecule has 2 rings (SSSR count). The summed E-state index contributed by atoms with van der Waals surface area (Å²) in [6.45, 7) is 1.80. The average molecular weight is 299 g/mol. The van der Waals surface area contributed by atoms with Crippen molar-refractivity contribution in [1.82, 2.24) is 4.98 Å². The highest BCUT2D eigenvalue weighted by Crippen LogP contribution is 2.23. The van der Waals surface area contributed by atoms with Crippen LogP contribution in [0.25, 0.3) is 0 Å². The molecule has 0 aliphatic carbocycles. The Kier molecular flexibility index (Phi) is 4.02. The van der Waals surface area contributed by atoms with E-state index in [1.807, 2.05) is 0 Å². The zero-order valence-electron chi connectivity index (χ0n) is 9.88. The largest absolute Gasteiger partial charge is 0.319 e. The molecule has 19 heavy (non-hydrogen) atoms. The monoisotopic (exact) mass is 298 g/mol. The molecular formula is C13H9Cl2FN2O. The molecule has 0 saturated heterocycles. The number of amides is 1. The molecule has 0 unspecified atom stereocenters. The van der Waals surface area contributed by atoms with Crippen LogP contribution in [0.5, 0.6) is 0 Å². The van der Waals surface area contributed by atoms with Crippen LogP contribution < -0.4 is 5.32 Å². The minimum Gasteiger partial charge on any atom is -0.319 e. The molecule has 0 saturated carbocycles. The van der Waals surface area contributed by atoms with Crippen molar-refractivity contribution in [2.24, 2.45) is 0 Å². The number of pyridine rings is 1. The lowest BCUT2D eigenvalue weighted by molar-refractivity contribution is 0.102.